The molecule has 0 spiro atoms. The van der Waals surface area contributed by atoms with Gasteiger partial charge in [0.1, 0.15) is 0 Å². The van der Waals surface area contributed by atoms with E-state index in [9.17, 15) is 9.59 Å². The van der Waals surface area contributed by atoms with Gasteiger partial charge in [0.25, 0.3) is 5.91 Å². The Kier molecular flexibility index (Phi) is 6.54. The van der Waals surface area contributed by atoms with Crippen LogP contribution >= 0.6 is 11.3 Å². The first-order chi connectivity index (χ1) is 14.5. The molecule has 2 heterocycles. The monoisotopic (exact) mass is 425 g/mol. The first kappa shape index (κ1) is 21.1. The molecule has 1 aliphatic heterocycles. The topological polar surface area (TPSA) is 75.4 Å². The normalized spacial score (nSPS) is 20.0. The minimum absolute atomic E-state index is 0.00660. The van der Waals surface area contributed by atoms with Crippen LogP contribution in [0.2, 0.25) is 0 Å². The highest BCUT2D eigenvalue weighted by Crippen LogP contribution is 2.33. The second kappa shape index (κ2) is 9.31. The molecule has 5 nitrogen and oxygen atoms in total. The average molecular weight is 426 g/mol. The summed E-state index contributed by atoms with van der Waals surface area (Å²) in [6.45, 7) is 5.14. The molecule has 0 radical (unpaired) electrons. The maximum atomic E-state index is 12.8. The number of nitrogens with two attached hydrogens (primary N) is 1. The third-order valence-electron chi connectivity index (χ3n) is 6.56. The SMILES string of the molecule is CC1CCc2c(C(=O)Nc3ccc(CCN4CCC(C(N)=O)CC4)cc3)csc2C1. The minimum Gasteiger partial charge on any atom is -0.369 e. The van der Waals surface area contributed by atoms with Crippen LogP contribution < -0.4 is 11.1 Å². The van der Waals surface area contributed by atoms with E-state index >= 15 is 0 Å². The number of benzene rings is 1. The molecule has 2 aromatic rings. The molecule has 1 atom stereocenters. The van der Waals surface area contributed by atoms with Gasteiger partial charge in [-0.15, -0.1) is 11.3 Å². The molecule has 1 aliphatic carbocycles. The number of primary amides is 1. The number of nitrogens with zero attached hydrogens (tertiary/aromatic N) is 1. The lowest BCUT2D eigenvalue weighted by molar-refractivity contribution is -0.123. The molecule has 2 amide bonds. The van der Waals surface area contributed by atoms with Crippen LogP contribution in [0.5, 0.6) is 0 Å². The van der Waals surface area contributed by atoms with Crippen molar-refractivity contribution in [3.63, 3.8) is 0 Å². The van der Waals surface area contributed by atoms with Gasteiger partial charge in [-0.2, -0.15) is 0 Å². The predicted octanol–water partition coefficient (Wildman–Crippen LogP) is 3.87. The number of hydrogen-bond donors (Lipinski definition) is 2. The van der Waals surface area contributed by atoms with Crippen molar-refractivity contribution in [3.8, 4) is 0 Å². The van der Waals surface area contributed by atoms with E-state index in [0.717, 1.165) is 63.0 Å². The number of likely N-dealkylation sites (tertiary alicyclic amines) is 1. The van der Waals surface area contributed by atoms with Crippen molar-refractivity contribution in [1.29, 1.82) is 0 Å². The van der Waals surface area contributed by atoms with Gasteiger partial charge in [-0.1, -0.05) is 19.1 Å². The first-order valence-electron chi connectivity index (χ1n) is 11.0. The summed E-state index contributed by atoms with van der Waals surface area (Å²) in [5.74, 6) is 0.604. The van der Waals surface area contributed by atoms with Crippen LogP contribution in [-0.4, -0.2) is 36.3 Å². The summed E-state index contributed by atoms with van der Waals surface area (Å²) < 4.78 is 0. The highest BCUT2D eigenvalue weighted by molar-refractivity contribution is 7.10. The van der Waals surface area contributed by atoms with Crippen molar-refractivity contribution in [1.82, 2.24) is 4.90 Å². The Morgan fingerprint density at radius 3 is 2.60 bits per heavy atom. The van der Waals surface area contributed by atoms with Gasteiger partial charge in [0.15, 0.2) is 0 Å². The standard InChI is InChI=1S/C24H31N3O2S/c1-16-2-7-20-21(15-30-22(20)14-16)24(29)26-19-5-3-17(4-6-19)8-11-27-12-9-18(10-13-27)23(25)28/h3-6,15-16,18H,2,7-14H2,1H3,(H2,25,28)(H,26,29). The average Bonchev–Trinajstić information content (AvgIpc) is 3.16. The second-order valence-electron chi connectivity index (χ2n) is 8.82. The summed E-state index contributed by atoms with van der Waals surface area (Å²) in [4.78, 5) is 27.8. The van der Waals surface area contributed by atoms with Crippen LogP contribution in [0, 0.1) is 11.8 Å². The second-order valence-corrected chi connectivity index (χ2v) is 9.78. The summed E-state index contributed by atoms with van der Waals surface area (Å²) in [6.07, 6.45) is 5.97. The van der Waals surface area contributed by atoms with Gasteiger partial charge in [-0.25, -0.2) is 0 Å². The molecule has 6 heteroatoms. The zero-order valence-electron chi connectivity index (χ0n) is 17.7. The van der Waals surface area contributed by atoms with Gasteiger partial charge in [0, 0.05) is 28.4 Å². The van der Waals surface area contributed by atoms with E-state index in [1.165, 1.54) is 22.4 Å². The molecule has 4 rings (SSSR count). The molecule has 2 aliphatic rings. The van der Waals surface area contributed by atoms with Crippen molar-refractivity contribution in [2.75, 3.05) is 25.0 Å². The summed E-state index contributed by atoms with van der Waals surface area (Å²) >= 11 is 1.73. The largest absolute Gasteiger partial charge is 0.369 e. The Labute approximate surface area is 182 Å². The lowest BCUT2D eigenvalue weighted by Gasteiger charge is -2.30. The van der Waals surface area contributed by atoms with E-state index < -0.39 is 0 Å². The number of rotatable bonds is 6. The Balaban J connectivity index is 1.28. The molecular weight excluding hydrogens is 394 g/mol. The maximum absolute atomic E-state index is 12.8. The third kappa shape index (κ3) is 4.93. The van der Waals surface area contributed by atoms with Crippen LogP contribution in [-0.2, 0) is 24.1 Å². The Hall–Kier alpha value is -2.18. The smallest absolute Gasteiger partial charge is 0.256 e. The summed E-state index contributed by atoms with van der Waals surface area (Å²) in [5.41, 5.74) is 9.62. The van der Waals surface area contributed by atoms with Crippen LogP contribution in [0.1, 0.15) is 52.5 Å². The molecule has 3 N–H and O–H groups in total. The molecule has 160 valence electrons. The van der Waals surface area contributed by atoms with Crippen LogP contribution in [0.3, 0.4) is 0 Å². The molecule has 1 aromatic carbocycles. The number of amides is 2. The Bertz CT molecular complexity index is 898. The quantitative estimate of drug-likeness (QED) is 0.738. The third-order valence-corrected chi connectivity index (χ3v) is 7.62. The molecule has 0 saturated carbocycles. The number of carbonyl (C=O) groups is 2. The fraction of sp³-hybridized carbons (Fsp3) is 0.500. The van der Waals surface area contributed by atoms with Crippen molar-refractivity contribution in [3.05, 3.63) is 51.2 Å². The fourth-order valence-corrected chi connectivity index (χ4v) is 5.79. The van der Waals surface area contributed by atoms with E-state index in [0.29, 0.717) is 5.92 Å². The summed E-state index contributed by atoms with van der Waals surface area (Å²) in [7, 11) is 0. The van der Waals surface area contributed by atoms with E-state index in [1.807, 2.05) is 17.5 Å². The molecule has 30 heavy (non-hydrogen) atoms. The summed E-state index contributed by atoms with van der Waals surface area (Å²) in [5, 5.41) is 5.09. The van der Waals surface area contributed by atoms with Crippen LogP contribution in [0.25, 0.3) is 0 Å². The first-order valence-corrected chi connectivity index (χ1v) is 11.9. The number of fused-ring (bicyclic) bond motifs is 1. The maximum Gasteiger partial charge on any atom is 0.256 e. The van der Waals surface area contributed by atoms with Crippen molar-refractivity contribution in [2.45, 2.75) is 45.4 Å². The predicted molar refractivity (Wildman–Crippen MR) is 122 cm³/mol. The number of carbonyl (C=O) groups excluding carboxylic acids is 2. The molecule has 1 saturated heterocycles. The zero-order chi connectivity index (χ0) is 21.1. The number of hydrogen-bond acceptors (Lipinski definition) is 4. The highest BCUT2D eigenvalue weighted by atomic mass is 32.1. The lowest BCUT2D eigenvalue weighted by atomic mass is 9.88. The van der Waals surface area contributed by atoms with Crippen LogP contribution in [0.15, 0.2) is 29.6 Å². The number of anilines is 1. The van der Waals surface area contributed by atoms with Gasteiger partial charge in [0.2, 0.25) is 5.91 Å². The lowest BCUT2D eigenvalue weighted by Crippen LogP contribution is -2.39. The molecule has 1 aromatic heterocycles. The van der Waals surface area contributed by atoms with Crippen molar-refractivity contribution in [2.24, 2.45) is 17.6 Å². The highest BCUT2D eigenvalue weighted by Gasteiger charge is 2.24. The minimum atomic E-state index is -0.162. The number of piperidine rings is 1. The Morgan fingerprint density at radius 1 is 1.17 bits per heavy atom. The van der Waals surface area contributed by atoms with E-state index in [2.05, 4.69) is 29.3 Å². The van der Waals surface area contributed by atoms with E-state index in [4.69, 9.17) is 5.73 Å². The van der Waals surface area contributed by atoms with E-state index in [1.54, 1.807) is 11.3 Å². The van der Waals surface area contributed by atoms with Gasteiger partial charge in [-0.3, -0.25) is 9.59 Å². The van der Waals surface area contributed by atoms with Crippen molar-refractivity contribution >= 4 is 28.8 Å². The van der Waals surface area contributed by atoms with Crippen LogP contribution in [0.4, 0.5) is 5.69 Å². The fourth-order valence-electron chi connectivity index (χ4n) is 4.55. The molecule has 1 fully saturated rings. The zero-order valence-corrected chi connectivity index (χ0v) is 18.5. The summed E-state index contributed by atoms with van der Waals surface area (Å²) in [6, 6.07) is 8.17. The Morgan fingerprint density at radius 2 is 1.90 bits per heavy atom. The van der Waals surface area contributed by atoms with Gasteiger partial charge in [0.05, 0.1) is 5.56 Å². The molecular formula is C24H31N3O2S. The molecule has 0 bridgehead atoms. The van der Waals surface area contributed by atoms with Crippen molar-refractivity contribution < 1.29 is 9.59 Å². The van der Waals surface area contributed by atoms with Gasteiger partial charge in [-0.05, 0) is 80.8 Å². The van der Waals surface area contributed by atoms with Gasteiger partial charge >= 0.3 is 0 Å². The number of nitrogens with one attached hydrogen (secondary N) is 1. The van der Waals surface area contributed by atoms with E-state index in [-0.39, 0.29) is 17.7 Å². The van der Waals surface area contributed by atoms with Gasteiger partial charge < -0.3 is 16.0 Å². The molecule has 1 unspecified atom stereocenters. The number of thiophene rings is 1.